The van der Waals surface area contributed by atoms with Gasteiger partial charge in [-0.15, -0.1) is 6.58 Å². The normalized spacial score (nSPS) is 15.5. The summed E-state index contributed by atoms with van der Waals surface area (Å²) in [4.78, 5) is 14.6. The lowest BCUT2D eigenvalue weighted by Crippen LogP contribution is -2.38. The predicted octanol–water partition coefficient (Wildman–Crippen LogP) is 4.33. The quantitative estimate of drug-likeness (QED) is 0.756. The largest absolute Gasteiger partial charge is 0.332 e. The first-order chi connectivity index (χ1) is 9.13. The van der Waals surface area contributed by atoms with Gasteiger partial charge in [-0.25, -0.2) is 0 Å². The maximum atomic E-state index is 12.6. The highest BCUT2D eigenvalue weighted by Crippen LogP contribution is 2.26. The molecule has 0 radical (unpaired) electrons. The topological polar surface area (TPSA) is 20.3 Å². The molecule has 2 nitrogen and oxygen atoms in total. The molecule has 0 spiro atoms. The fraction of sp³-hybridized carbons (Fsp3) is 0.438. The van der Waals surface area contributed by atoms with Gasteiger partial charge in [0.25, 0.3) is 5.91 Å². The Morgan fingerprint density at radius 3 is 2.74 bits per heavy atom. The molecule has 0 N–H and O–H groups in total. The molecule has 2 rings (SSSR count). The van der Waals surface area contributed by atoms with Crippen LogP contribution in [0, 0.1) is 6.92 Å². The molecule has 0 aromatic heterocycles. The van der Waals surface area contributed by atoms with Crippen molar-refractivity contribution in [3.05, 3.63) is 46.5 Å². The van der Waals surface area contributed by atoms with Gasteiger partial charge >= 0.3 is 0 Å². The summed E-state index contributed by atoms with van der Waals surface area (Å²) in [5.74, 6) is 0.127. The summed E-state index contributed by atoms with van der Waals surface area (Å²) in [5, 5.41) is 0. The lowest BCUT2D eigenvalue weighted by molar-refractivity contribution is 0.0706. The molecule has 3 heteroatoms. The van der Waals surface area contributed by atoms with Crippen molar-refractivity contribution in [3.8, 4) is 0 Å². The van der Waals surface area contributed by atoms with Crippen LogP contribution in [0.4, 0.5) is 0 Å². The first-order valence-electron chi connectivity index (χ1n) is 6.81. The molecule has 1 aliphatic carbocycles. The van der Waals surface area contributed by atoms with Crippen molar-refractivity contribution in [2.75, 3.05) is 6.54 Å². The van der Waals surface area contributed by atoms with Crippen LogP contribution in [0.1, 0.15) is 41.6 Å². The predicted molar refractivity (Wildman–Crippen MR) is 82.4 cm³/mol. The highest BCUT2D eigenvalue weighted by Gasteiger charge is 2.26. The smallest absolute Gasteiger partial charge is 0.254 e. The number of hydrogen-bond acceptors (Lipinski definition) is 1. The summed E-state index contributed by atoms with van der Waals surface area (Å²) < 4.78 is 1.04. The third-order valence-corrected chi connectivity index (χ3v) is 4.65. The van der Waals surface area contributed by atoms with Gasteiger partial charge in [0, 0.05) is 22.6 Å². The monoisotopic (exact) mass is 321 g/mol. The van der Waals surface area contributed by atoms with Gasteiger partial charge in [-0.3, -0.25) is 4.79 Å². The van der Waals surface area contributed by atoms with E-state index in [1.165, 1.54) is 12.8 Å². The van der Waals surface area contributed by atoms with E-state index in [0.717, 1.165) is 28.4 Å². The minimum Gasteiger partial charge on any atom is -0.332 e. The third-order valence-electron chi connectivity index (χ3n) is 3.76. The Morgan fingerprint density at radius 1 is 1.47 bits per heavy atom. The Bertz CT molecular complexity index is 478. The highest BCUT2D eigenvalue weighted by molar-refractivity contribution is 9.10. The molecular formula is C16H20BrNO. The molecule has 1 fully saturated rings. The van der Waals surface area contributed by atoms with Gasteiger partial charge in [-0.2, -0.15) is 0 Å². The average Bonchev–Trinajstić information content (AvgIpc) is 2.92. The van der Waals surface area contributed by atoms with Crippen LogP contribution >= 0.6 is 15.9 Å². The zero-order valence-corrected chi connectivity index (χ0v) is 12.9. The van der Waals surface area contributed by atoms with E-state index in [0.29, 0.717) is 12.6 Å². The molecular weight excluding hydrogens is 302 g/mol. The van der Waals surface area contributed by atoms with Crippen molar-refractivity contribution in [1.29, 1.82) is 0 Å². The number of carbonyl (C=O) groups excluding carboxylic acids is 1. The minimum atomic E-state index is 0.127. The van der Waals surface area contributed by atoms with Crippen molar-refractivity contribution >= 4 is 21.8 Å². The lowest BCUT2D eigenvalue weighted by atomic mass is 10.1. The summed E-state index contributed by atoms with van der Waals surface area (Å²) in [6.07, 6.45) is 6.52. The number of benzene rings is 1. The Morgan fingerprint density at radius 2 is 2.16 bits per heavy atom. The Labute approximate surface area is 123 Å². The molecule has 1 amide bonds. The van der Waals surface area contributed by atoms with Gasteiger partial charge < -0.3 is 4.90 Å². The van der Waals surface area contributed by atoms with E-state index in [-0.39, 0.29) is 5.91 Å². The standard InChI is InChI=1S/C16H20BrNO/c1-3-10-18(14-6-4-5-7-14)16(19)13-8-9-15(17)12(2)11-13/h3,8-9,11,14H,1,4-7,10H2,2H3. The van der Waals surface area contributed by atoms with Crippen LogP contribution in [-0.4, -0.2) is 23.4 Å². The Balaban J connectivity index is 2.22. The second-order valence-corrected chi connectivity index (χ2v) is 6.00. The molecule has 19 heavy (non-hydrogen) atoms. The van der Waals surface area contributed by atoms with E-state index in [9.17, 15) is 4.79 Å². The van der Waals surface area contributed by atoms with E-state index < -0.39 is 0 Å². The zero-order valence-electron chi connectivity index (χ0n) is 11.4. The molecule has 0 unspecified atom stereocenters. The van der Waals surface area contributed by atoms with Crippen molar-refractivity contribution in [3.63, 3.8) is 0 Å². The first kappa shape index (κ1) is 14.3. The molecule has 0 saturated heterocycles. The molecule has 0 bridgehead atoms. The zero-order chi connectivity index (χ0) is 13.8. The first-order valence-corrected chi connectivity index (χ1v) is 7.61. The maximum absolute atomic E-state index is 12.6. The van der Waals surface area contributed by atoms with Gasteiger partial charge in [0.05, 0.1) is 0 Å². The van der Waals surface area contributed by atoms with Crippen molar-refractivity contribution in [2.45, 2.75) is 38.6 Å². The molecule has 0 atom stereocenters. The third kappa shape index (κ3) is 3.27. The van der Waals surface area contributed by atoms with Crippen molar-refractivity contribution in [2.24, 2.45) is 0 Å². The van der Waals surface area contributed by atoms with Gasteiger partial charge in [0.1, 0.15) is 0 Å². The molecule has 1 saturated carbocycles. The van der Waals surface area contributed by atoms with E-state index in [2.05, 4.69) is 22.5 Å². The molecule has 1 aromatic carbocycles. The van der Waals surface area contributed by atoms with E-state index in [4.69, 9.17) is 0 Å². The van der Waals surface area contributed by atoms with Crippen LogP contribution in [0.2, 0.25) is 0 Å². The van der Waals surface area contributed by atoms with Crippen molar-refractivity contribution in [1.82, 2.24) is 4.90 Å². The molecule has 102 valence electrons. The van der Waals surface area contributed by atoms with E-state index >= 15 is 0 Å². The molecule has 1 aromatic rings. The summed E-state index contributed by atoms with van der Waals surface area (Å²) in [5.41, 5.74) is 1.87. The summed E-state index contributed by atoms with van der Waals surface area (Å²) in [7, 11) is 0. The van der Waals surface area contributed by atoms with Crippen LogP contribution in [0.5, 0.6) is 0 Å². The van der Waals surface area contributed by atoms with Gasteiger partial charge in [-0.1, -0.05) is 34.8 Å². The lowest BCUT2D eigenvalue weighted by Gasteiger charge is -2.28. The van der Waals surface area contributed by atoms with E-state index in [1.54, 1.807) is 0 Å². The Hall–Kier alpha value is -1.09. The van der Waals surface area contributed by atoms with Crippen LogP contribution in [0.15, 0.2) is 35.3 Å². The van der Waals surface area contributed by atoms with Crippen molar-refractivity contribution < 1.29 is 4.79 Å². The number of aryl methyl sites for hydroxylation is 1. The van der Waals surface area contributed by atoms with Crippen LogP contribution < -0.4 is 0 Å². The number of amides is 1. The number of halogens is 1. The fourth-order valence-corrected chi connectivity index (χ4v) is 2.94. The summed E-state index contributed by atoms with van der Waals surface area (Å²) in [6, 6.07) is 6.18. The number of nitrogens with zero attached hydrogens (tertiary/aromatic N) is 1. The number of rotatable bonds is 4. The van der Waals surface area contributed by atoms with Gasteiger partial charge in [0.2, 0.25) is 0 Å². The molecule has 1 aliphatic rings. The van der Waals surface area contributed by atoms with E-state index in [1.807, 2.05) is 36.1 Å². The molecule has 0 aliphatic heterocycles. The summed E-state index contributed by atoms with van der Waals surface area (Å²) in [6.45, 7) is 6.42. The van der Waals surface area contributed by atoms with Gasteiger partial charge in [0.15, 0.2) is 0 Å². The molecule has 0 heterocycles. The SMILES string of the molecule is C=CCN(C(=O)c1ccc(Br)c(C)c1)C1CCCC1. The number of carbonyl (C=O) groups is 1. The fourth-order valence-electron chi connectivity index (χ4n) is 2.70. The maximum Gasteiger partial charge on any atom is 0.254 e. The van der Waals surface area contributed by atoms with Crippen LogP contribution in [0.3, 0.4) is 0 Å². The second-order valence-electron chi connectivity index (χ2n) is 5.15. The number of hydrogen-bond donors (Lipinski definition) is 0. The minimum absolute atomic E-state index is 0.127. The average molecular weight is 322 g/mol. The highest BCUT2D eigenvalue weighted by atomic mass is 79.9. The van der Waals surface area contributed by atoms with Crippen LogP contribution in [-0.2, 0) is 0 Å². The second kappa shape index (κ2) is 6.38. The Kier molecular flexibility index (Phi) is 4.81. The van der Waals surface area contributed by atoms with Gasteiger partial charge in [-0.05, 0) is 43.5 Å². The summed E-state index contributed by atoms with van der Waals surface area (Å²) >= 11 is 3.47. The van der Waals surface area contributed by atoms with Crippen LogP contribution in [0.25, 0.3) is 0 Å².